The van der Waals surface area contributed by atoms with Crippen molar-refractivity contribution in [2.75, 3.05) is 6.54 Å². The van der Waals surface area contributed by atoms with Gasteiger partial charge in [0.05, 0.1) is 12.1 Å². The highest BCUT2D eigenvalue weighted by molar-refractivity contribution is 5.90. The highest BCUT2D eigenvalue weighted by Gasteiger charge is 2.33. The molecule has 8 nitrogen and oxygen atoms in total. The van der Waals surface area contributed by atoms with Crippen molar-refractivity contribution in [3.8, 4) is 6.07 Å². The summed E-state index contributed by atoms with van der Waals surface area (Å²) in [5.41, 5.74) is 5.66. The second-order valence-corrected chi connectivity index (χ2v) is 9.85. The van der Waals surface area contributed by atoms with Gasteiger partial charge in [-0.3, -0.25) is 14.4 Å². The van der Waals surface area contributed by atoms with Crippen molar-refractivity contribution in [3.05, 3.63) is 35.1 Å². The summed E-state index contributed by atoms with van der Waals surface area (Å²) in [5, 5.41) is 14.6. The number of benzene rings is 1. The number of nitrogens with zero attached hydrogens (tertiary/aromatic N) is 2. The average Bonchev–Trinajstić information content (AvgIpc) is 3.29. The smallest absolute Gasteiger partial charge is 0.243 e. The maximum atomic E-state index is 14.4. The fourth-order valence-corrected chi connectivity index (χ4v) is 4.07. The lowest BCUT2D eigenvalue weighted by atomic mass is 9.98. The van der Waals surface area contributed by atoms with E-state index >= 15 is 0 Å². The largest absolute Gasteiger partial charge is 0.351 e. The zero-order valence-electron chi connectivity index (χ0n) is 21.0. The van der Waals surface area contributed by atoms with Crippen LogP contribution in [0.4, 0.5) is 13.2 Å². The minimum absolute atomic E-state index is 0.170. The third kappa shape index (κ3) is 7.43. The van der Waals surface area contributed by atoms with Crippen LogP contribution in [-0.4, -0.2) is 53.3 Å². The van der Waals surface area contributed by atoms with Gasteiger partial charge in [0.25, 0.3) is 0 Å². The molecule has 0 spiro atoms. The molecule has 1 aliphatic heterocycles. The molecule has 2 rings (SSSR count). The van der Waals surface area contributed by atoms with Crippen LogP contribution in [0.5, 0.6) is 0 Å². The van der Waals surface area contributed by atoms with Gasteiger partial charge in [-0.15, -0.1) is 0 Å². The number of nitrogens with one attached hydrogen (secondary N) is 2. The Balaban J connectivity index is 2.27. The number of likely N-dealkylation sites (tertiary alicyclic amines) is 1. The molecule has 0 aliphatic carbocycles. The van der Waals surface area contributed by atoms with E-state index in [1.165, 1.54) is 4.90 Å². The minimum Gasteiger partial charge on any atom is -0.351 e. The summed E-state index contributed by atoms with van der Waals surface area (Å²) in [7, 11) is 0. The standard InChI is InChI=1S/C25H34F3N5O3/c1-13(2)22(30)24(35)32-23(14(3)4)25(36)31-16(8-15-9-19(27)20(28)11-18(15)26)10-21(34)33-7-5-6-17(33)12-29/h9,11,13-14,16-17,22-23H,5-8,10,30H2,1-4H3,(H,31,36)(H,32,35)/t16-,17?,22?,23?/m1/s1. The summed E-state index contributed by atoms with van der Waals surface area (Å²) in [6, 6.07) is -0.310. The van der Waals surface area contributed by atoms with Gasteiger partial charge in [0.1, 0.15) is 17.9 Å². The Labute approximate surface area is 209 Å². The topological polar surface area (TPSA) is 128 Å². The molecule has 0 bridgehead atoms. The van der Waals surface area contributed by atoms with Crippen LogP contribution < -0.4 is 16.4 Å². The van der Waals surface area contributed by atoms with E-state index in [1.807, 2.05) is 0 Å². The summed E-state index contributed by atoms with van der Waals surface area (Å²) < 4.78 is 41.6. The fourth-order valence-electron chi connectivity index (χ4n) is 4.07. The molecule has 1 aromatic carbocycles. The first-order valence-corrected chi connectivity index (χ1v) is 12.0. The molecule has 4 N–H and O–H groups in total. The Hall–Kier alpha value is -3.13. The van der Waals surface area contributed by atoms with Gasteiger partial charge < -0.3 is 21.3 Å². The van der Waals surface area contributed by atoms with Crippen molar-refractivity contribution < 1.29 is 27.6 Å². The van der Waals surface area contributed by atoms with Crippen LogP contribution in [0.3, 0.4) is 0 Å². The van der Waals surface area contributed by atoms with Gasteiger partial charge in [-0.25, -0.2) is 13.2 Å². The van der Waals surface area contributed by atoms with Crippen molar-refractivity contribution in [1.82, 2.24) is 15.5 Å². The van der Waals surface area contributed by atoms with Gasteiger partial charge in [0, 0.05) is 25.1 Å². The zero-order valence-corrected chi connectivity index (χ0v) is 21.0. The first-order valence-electron chi connectivity index (χ1n) is 12.0. The third-order valence-corrected chi connectivity index (χ3v) is 6.31. The number of carbonyl (C=O) groups excluding carboxylic acids is 3. The van der Waals surface area contributed by atoms with Crippen LogP contribution in [0.25, 0.3) is 0 Å². The van der Waals surface area contributed by atoms with Gasteiger partial charge in [-0.2, -0.15) is 5.26 Å². The predicted molar refractivity (Wildman–Crippen MR) is 126 cm³/mol. The molecular weight excluding hydrogens is 475 g/mol. The number of hydrogen-bond acceptors (Lipinski definition) is 5. The number of nitriles is 1. The van der Waals surface area contributed by atoms with E-state index in [9.17, 15) is 32.8 Å². The molecule has 11 heteroatoms. The second-order valence-electron chi connectivity index (χ2n) is 9.85. The Kier molecular flexibility index (Phi) is 10.3. The lowest BCUT2D eigenvalue weighted by molar-refractivity contribution is -0.133. The van der Waals surface area contributed by atoms with Crippen molar-refractivity contribution in [1.29, 1.82) is 5.26 Å². The number of nitrogens with two attached hydrogens (primary N) is 1. The van der Waals surface area contributed by atoms with E-state index in [-0.39, 0.29) is 30.2 Å². The molecule has 1 fully saturated rings. The van der Waals surface area contributed by atoms with Crippen LogP contribution in [-0.2, 0) is 20.8 Å². The van der Waals surface area contributed by atoms with E-state index < -0.39 is 59.3 Å². The number of carbonyl (C=O) groups is 3. The molecule has 0 aromatic heterocycles. The molecule has 0 saturated carbocycles. The highest BCUT2D eigenvalue weighted by Crippen LogP contribution is 2.21. The van der Waals surface area contributed by atoms with Gasteiger partial charge in [-0.1, -0.05) is 27.7 Å². The average molecular weight is 510 g/mol. The SMILES string of the molecule is CC(C)C(N)C(=O)NC(C(=O)N[C@@H](CC(=O)N1CCCC1C#N)Cc1cc(F)c(F)cc1F)C(C)C. The Morgan fingerprint density at radius 2 is 1.69 bits per heavy atom. The zero-order chi connectivity index (χ0) is 27.2. The van der Waals surface area contributed by atoms with Crippen LogP contribution in [0, 0.1) is 40.6 Å². The molecule has 1 aromatic rings. The lowest BCUT2D eigenvalue weighted by Gasteiger charge is -2.28. The monoisotopic (exact) mass is 509 g/mol. The van der Waals surface area contributed by atoms with Crippen molar-refractivity contribution >= 4 is 17.7 Å². The van der Waals surface area contributed by atoms with E-state index in [0.717, 1.165) is 0 Å². The first kappa shape index (κ1) is 29.1. The molecular formula is C25H34F3N5O3. The molecule has 1 saturated heterocycles. The van der Waals surface area contributed by atoms with Crippen molar-refractivity contribution in [2.24, 2.45) is 17.6 Å². The molecule has 3 unspecified atom stereocenters. The van der Waals surface area contributed by atoms with Gasteiger partial charge in [0.15, 0.2) is 11.6 Å². The minimum atomic E-state index is -1.36. The summed E-state index contributed by atoms with van der Waals surface area (Å²) in [4.78, 5) is 40.0. The number of halogens is 3. The quantitative estimate of drug-likeness (QED) is 0.417. The van der Waals surface area contributed by atoms with E-state index in [0.29, 0.717) is 31.5 Å². The van der Waals surface area contributed by atoms with Crippen molar-refractivity contribution in [2.45, 2.75) is 77.5 Å². The number of rotatable bonds is 10. The van der Waals surface area contributed by atoms with Crippen LogP contribution >= 0.6 is 0 Å². The molecule has 36 heavy (non-hydrogen) atoms. The Morgan fingerprint density at radius 3 is 2.28 bits per heavy atom. The summed E-state index contributed by atoms with van der Waals surface area (Å²) in [6.45, 7) is 7.32. The third-order valence-electron chi connectivity index (χ3n) is 6.31. The molecule has 1 heterocycles. The van der Waals surface area contributed by atoms with Gasteiger partial charge in [0.2, 0.25) is 17.7 Å². The first-order chi connectivity index (χ1) is 16.8. The fraction of sp³-hybridized carbons (Fsp3) is 0.600. The van der Waals surface area contributed by atoms with Crippen LogP contribution in [0.15, 0.2) is 12.1 Å². The molecule has 4 atom stereocenters. The molecule has 198 valence electrons. The second kappa shape index (κ2) is 12.7. The van der Waals surface area contributed by atoms with E-state index in [1.54, 1.807) is 27.7 Å². The Morgan fingerprint density at radius 1 is 1.06 bits per heavy atom. The summed E-state index contributed by atoms with van der Waals surface area (Å²) in [6.07, 6.45) is 0.563. The number of hydrogen-bond donors (Lipinski definition) is 3. The maximum absolute atomic E-state index is 14.4. The highest BCUT2D eigenvalue weighted by atomic mass is 19.2. The van der Waals surface area contributed by atoms with Crippen LogP contribution in [0.1, 0.15) is 52.5 Å². The maximum Gasteiger partial charge on any atom is 0.243 e. The summed E-state index contributed by atoms with van der Waals surface area (Å²) >= 11 is 0. The summed E-state index contributed by atoms with van der Waals surface area (Å²) in [5.74, 6) is -5.75. The van der Waals surface area contributed by atoms with Crippen molar-refractivity contribution in [3.63, 3.8) is 0 Å². The van der Waals surface area contributed by atoms with Crippen LogP contribution in [0.2, 0.25) is 0 Å². The van der Waals surface area contributed by atoms with E-state index in [2.05, 4.69) is 16.7 Å². The lowest BCUT2D eigenvalue weighted by Crippen LogP contribution is -2.56. The van der Waals surface area contributed by atoms with E-state index in [4.69, 9.17) is 5.73 Å². The molecule has 3 amide bonds. The Bertz CT molecular complexity index is 1010. The molecule has 0 radical (unpaired) electrons. The normalized spacial score (nSPS) is 18.0. The number of amides is 3. The molecule has 1 aliphatic rings. The van der Waals surface area contributed by atoms with Gasteiger partial charge >= 0.3 is 0 Å². The van der Waals surface area contributed by atoms with Gasteiger partial charge in [-0.05, 0) is 42.7 Å². The predicted octanol–water partition coefficient (Wildman–Crippen LogP) is 2.16.